The second-order valence-electron chi connectivity index (χ2n) is 8.63. The summed E-state index contributed by atoms with van der Waals surface area (Å²) in [5, 5.41) is 7.54. The van der Waals surface area contributed by atoms with Crippen LogP contribution in [0.25, 0.3) is 11.1 Å². The maximum atomic E-state index is 13.4. The molecule has 0 radical (unpaired) electrons. The van der Waals surface area contributed by atoms with Gasteiger partial charge in [0.15, 0.2) is 0 Å². The number of benzene rings is 1. The van der Waals surface area contributed by atoms with Crippen LogP contribution in [0.2, 0.25) is 0 Å². The minimum atomic E-state index is -2.52. The van der Waals surface area contributed by atoms with Gasteiger partial charge in [-0.25, -0.2) is 8.78 Å². The van der Waals surface area contributed by atoms with Crippen LogP contribution in [0.4, 0.5) is 8.78 Å². The number of amides is 1. The lowest BCUT2D eigenvalue weighted by Crippen LogP contribution is -2.26. The molecule has 1 saturated carbocycles. The Bertz CT molecular complexity index is 1130. The van der Waals surface area contributed by atoms with Crippen molar-refractivity contribution in [1.82, 2.24) is 20.1 Å². The molecule has 5 rings (SSSR count). The van der Waals surface area contributed by atoms with Crippen molar-refractivity contribution in [2.45, 2.75) is 51.1 Å². The third-order valence-electron chi connectivity index (χ3n) is 6.36. The maximum Gasteiger partial charge on any atom is 0.252 e. The number of pyridine rings is 1. The smallest absolute Gasteiger partial charge is 0.252 e. The summed E-state index contributed by atoms with van der Waals surface area (Å²) in [6, 6.07) is 11.2. The fraction of sp³-hybridized carbons (Fsp3) is 0.375. The number of nitrogens with zero attached hydrogens (tertiary/aromatic N) is 3. The quantitative estimate of drug-likeness (QED) is 0.650. The van der Waals surface area contributed by atoms with Crippen LogP contribution in [0.5, 0.6) is 0 Å². The molecule has 1 amide bonds. The van der Waals surface area contributed by atoms with Crippen LogP contribution in [0, 0.1) is 12.8 Å². The summed E-state index contributed by atoms with van der Waals surface area (Å²) in [6.45, 7) is 2.56. The molecule has 31 heavy (non-hydrogen) atoms. The number of carbonyl (C=O) groups excluding carboxylic acids is 1. The van der Waals surface area contributed by atoms with Gasteiger partial charge in [0, 0.05) is 48.0 Å². The molecule has 1 fully saturated rings. The van der Waals surface area contributed by atoms with E-state index in [0.29, 0.717) is 24.9 Å². The summed E-state index contributed by atoms with van der Waals surface area (Å²) in [5.41, 5.74) is 5.06. The summed E-state index contributed by atoms with van der Waals surface area (Å²) in [6.07, 6.45) is 4.69. The molecule has 1 aliphatic heterocycles. The Hall–Kier alpha value is -3.09. The Morgan fingerprint density at radius 2 is 1.90 bits per heavy atom. The van der Waals surface area contributed by atoms with Crippen LogP contribution in [0.1, 0.15) is 59.0 Å². The summed E-state index contributed by atoms with van der Waals surface area (Å²) in [4.78, 5) is 17.2. The van der Waals surface area contributed by atoms with Crippen molar-refractivity contribution in [3.8, 4) is 11.1 Å². The molecule has 7 heteroatoms. The molecule has 3 aromatic rings. The van der Waals surface area contributed by atoms with Gasteiger partial charge in [0.25, 0.3) is 5.91 Å². The van der Waals surface area contributed by atoms with E-state index in [1.165, 1.54) is 0 Å². The average Bonchev–Trinajstić information content (AvgIpc) is 3.34. The van der Waals surface area contributed by atoms with Crippen LogP contribution < -0.4 is 5.32 Å². The lowest BCUT2D eigenvalue weighted by molar-refractivity contribution is -0.0476. The van der Waals surface area contributed by atoms with Gasteiger partial charge < -0.3 is 5.32 Å². The molecule has 0 saturated heterocycles. The van der Waals surface area contributed by atoms with Crippen LogP contribution >= 0.6 is 0 Å². The van der Waals surface area contributed by atoms with Crippen molar-refractivity contribution >= 4 is 5.91 Å². The summed E-state index contributed by atoms with van der Waals surface area (Å²) < 4.78 is 28.7. The van der Waals surface area contributed by atoms with Crippen molar-refractivity contribution < 1.29 is 13.6 Å². The molecule has 2 aliphatic rings. The Labute approximate surface area is 179 Å². The number of halogens is 2. The molecule has 1 N–H and O–H groups in total. The Morgan fingerprint density at radius 3 is 2.71 bits per heavy atom. The molecule has 1 atom stereocenters. The number of hydrogen-bond acceptors (Lipinski definition) is 3. The number of nitrogens with one attached hydrogen (secondary N) is 1. The van der Waals surface area contributed by atoms with E-state index in [2.05, 4.69) is 10.4 Å². The van der Waals surface area contributed by atoms with Crippen LogP contribution in [-0.4, -0.2) is 26.6 Å². The second-order valence-corrected chi connectivity index (χ2v) is 8.63. The van der Waals surface area contributed by atoms with E-state index >= 15 is 0 Å². The van der Waals surface area contributed by atoms with Crippen LogP contribution in [0.15, 0.2) is 48.8 Å². The predicted octanol–water partition coefficient (Wildman–Crippen LogP) is 4.91. The zero-order valence-corrected chi connectivity index (χ0v) is 17.3. The second kappa shape index (κ2) is 7.55. The van der Waals surface area contributed by atoms with Gasteiger partial charge in [0.1, 0.15) is 0 Å². The molecule has 1 aliphatic carbocycles. The third kappa shape index (κ3) is 3.84. The van der Waals surface area contributed by atoms with Gasteiger partial charge >= 0.3 is 0 Å². The minimum Gasteiger partial charge on any atom is -0.339 e. The maximum absolute atomic E-state index is 13.4. The highest BCUT2D eigenvalue weighted by Crippen LogP contribution is 2.38. The molecule has 2 aromatic heterocycles. The van der Waals surface area contributed by atoms with Crippen molar-refractivity contribution in [3.63, 3.8) is 0 Å². The molecular weight excluding hydrogens is 398 g/mol. The average molecular weight is 422 g/mol. The number of carbonyl (C=O) groups is 1. The molecule has 0 bridgehead atoms. The Balaban J connectivity index is 1.43. The number of alkyl halides is 2. The topological polar surface area (TPSA) is 59.8 Å². The van der Waals surface area contributed by atoms with Gasteiger partial charge in [-0.1, -0.05) is 24.3 Å². The van der Waals surface area contributed by atoms with E-state index in [1.807, 2.05) is 54.2 Å². The largest absolute Gasteiger partial charge is 0.339 e. The first-order valence-electron chi connectivity index (χ1n) is 10.7. The van der Waals surface area contributed by atoms with Crippen molar-refractivity contribution in [1.29, 1.82) is 0 Å². The Morgan fingerprint density at radius 1 is 1.13 bits per heavy atom. The number of aryl methyl sites for hydroxylation is 1. The summed E-state index contributed by atoms with van der Waals surface area (Å²) in [5.74, 6) is -2.40. The van der Waals surface area contributed by atoms with Gasteiger partial charge in [0.05, 0.1) is 17.9 Å². The number of rotatable bonds is 4. The van der Waals surface area contributed by atoms with Gasteiger partial charge in [-0.3, -0.25) is 14.5 Å². The first kappa shape index (κ1) is 19.8. The first-order chi connectivity index (χ1) is 14.9. The molecular formula is C24H24F2N4O. The number of hydrogen-bond donors (Lipinski definition) is 1. The van der Waals surface area contributed by atoms with Gasteiger partial charge in [-0.15, -0.1) is 0 Å². The fourth-order valence-electron chi connectivity index (χ4n) is 4.65. The normalized spacial score (nSPS) is 20.5. The van der Waals surface area contributed by atoms with Gasteiger partial charge in [0.2, 0.25) is 5.92 Å². The van der Waals surface area contributed by atoms with E-state index < -0.39 is 5.92 Å². The molecule has 3 heterocycles. The highest BCUT2D eigenvalue weighted by molar-refractivity contribution is 5.99. The monoisotopic (exact) mass is 422 g/mol. The summed E-state index contributed by atoms with van der Waals surface area (Å²) in [7, 11) is 0. The standard InChI is InChI=1S/C24H24F2N4O/c1-15-6-7-18(21(28-15)22-19-4-2-3-5-20(19)23(31)29-22)17-12-27-30(14-17)13-16-8-10-24(25,26)11-9-16/h2-7,12,14,16,22H,8-11,13H2,1H3,(H,29,31). The van der Waals surface area contributed by atoms with Crippen molar-refractivity contribution in [2.24, 2.45) is 5.92 Å². The zero-order valence-electron chi connectivity index (χ0n) is 17.3. The molecule has 1 unspecified atom stereocenters. The van der Waals surface area contributed by atoms with Gasteiger partial charge in [-0.2, -0.15) is 5.10 Å². The van der Waals surface area contributed by atoms with E-state index in [4.69, 9.17) is 4.98 Å². The highest BCUT2D eigenvalue weighted by atomic mass is 19.3. The lowest BCUT2D eigenvalue weighted by Gasteiger charge is -2.28. The predicted molar refractivity (Wildman–Crippen MR) is 113 cm³/mol. The third-order valence-corrected chi connectivity index (χ3v) is 6.36. The minimum absolute atomic E-state index is 0.0430. The zero-order chi connectivity index (χ0) is 21.6. The fourth-order valence-corrected chi connectivity index (χ4v) is 4.65. The molecule has 0 spiro atoms. The number of aromatic nitrogens is 3. The lowest BCUT2D eigenvalue weighted by atomic mass is 9.87. The van der Waals surface area contributed by atoms with E-state index in [-0.39, 0.29) is 30.7 Å². The van der Waals surface area contributed by atoms with Crippen molar-refractivity contribution in [3.05, 3.63) is 71.3 Å². The molecule has 160 valence electrons. The molecule has 5 nitrogen and oxygen atoms in total. The first-order valence-corrected chi connectivity index (χ1v) is 10.7. The van der Waals surface area contributed by atoms with E-state index in [0.717, 1.165) is 28.1 Å². The van der Waals surface area contributed by atoms with E-state index in [1.54, 1.807) is 6.20 Å². The molecule has 1 aromatic carbocycles. The van der Waals surface area contributed by atoms with E-state index in [9.17, 15) is 13.6 Å². The van der Waals surface area contributed by atoms with Gasteiger partial charge in [-0.05, 0) is 43.4 Å². The number of fused-ring (bicyclic) bond motifs is 1. The van der Waals surface area contributed by atoms with Crippen LogP contribution in [-0.2, 0) is 6.54 Å². The SMILES string of the molecule is Cc1ccc(-c2cnn(CC3CCC(F)(F)CC3)c2)c(C2NC(=O)c3ccccc32)n1. The Kier molecular flexibility index (Phi) is 4.84. The van der Waals surface area contributed by atoms with Crippen molar-refractivity contribution in [2.75, 3.05) is 0 Å². The highest BCUT2D eigenvalue weighted by Gasteiger charge is 2.35. The van der Waals surface area contributed by atoms with Crippen LogP contribution in [0.3, 0.4) is 0 Å². The summed E-state index contributed by atoms with van der Waals surface area (Å²) >= 11 is 0.